The van der Waals surface area contributed by atoms with E-state index in [9.17, 15) is 19.4 Å². The van der Waals surface area contributed by atoms with E-state index in [0.717, 1.165) is 51.4 Å². The van der Waals surface area contributed by atoms with E-state index < -0.39 is 20.0 Å². The van der Waals surface area contributed by atoms with E-state index in [-0.39, 0.29) is 19.1 Å². The zero-order valence-electron chi connectivity index (χ0n) is 34.8. The van der Waals surface area contributed by atoms with Gasteiger partial charge in [-0.25, -0.2) is 4.57 Å². The van der Waals surface area contributed by atoms with Crippen LogP contribution >= 0.6 is 7.82 Å². The van der Waals surface area contributed by atoms with Gasteiger partial charge in [0, 0.05) is 6.42 Å². The number of nitrogens with one attached hydrogen (secondary N) is 1. The summed E-state index contributed by atoms with van der Waals surface area (Å²) in [5.41, 5.74) is 0. The molecule has 0 aliphatic rings. The summed E-state index contributed by atoms with van der Waals surface area (Å²) >= 11 is 0. The van der Waals surface area contributed by atoms with E-state index in [2.05, 4.69) is 31.3 Å². The minimum Gasteiger partial charge on any atom is -0.387 e. The molecule has 0 saturated heterocycles. The molecule has 0 aliphatic carbocycles. The minimum absolute atomic E-state index is 0.0609. The first kappa shape index (κ1) is 51.0. The van der Waals surface area contributed by atoms with Gasteiger partial charge in [-0.1, -0.05) is 167 Å². The third kappa shape index (κ3) is 37.3. The summed E-state index contributed by atoms with van der Waals surface area (Å²) in [6, 6.07) is -0.846. The molecule has 3 atom stereocenters. The van der Waals surface area contributed by atoms with Crippen molar-refractivity contribution in [1.29, 1.82) is 0 Å². The van der Waals surface area contributed by atoms with Crippen molar-refractivity contribution in [2.75, 3.05) is 40.9 Å². The Kier molecular flexibility index (Phi) is 35.0. The maximum atomic E-state index is 12.8. The monoisotopic (exact) mass is 758 g/mol. The van der Waals surface area contributed by atoms with E-state index in [4.69, 9.17) is 9.05 Å². The number of phosphoric ester groups is 1. The zero-order chi connectivity index (χ0) is 38.6. The van der Waals surface area contributed by atoms with Gasteiger partial charge in [0.05, 0.1) is 39.9 Å². The number of carbonyl (C=O) groups excluding carboxylic acids is 1. The molecule has 0 radical (unpaired) electrons. The van der Waals surface area contributed by atoms with Crippen LogP contribution in [0, 0.1) is 0 Å². The minimum atomic E-state index is -4.33. The molecule has 0 fully saturated rings. The van der Waals surface area contributed by atoms with Gasteiger partial charge in [-0.05, 0) is 44.9 Å². The highest BCUT2D eigenvalue weighted by Crippen LogP contribution is 2.43. The number of allylic oxidation sites excluding steroid dienone is 3. The van der Waals surface area contributed by atoms with Crippen LogP contribution in [0.2, 0.25) is 0 Å². The fourth-order valence-corrected chi connectivity index (χ4v) is 6.89. The molecule has 1 amide bonds. The summed E-state index contributed by atoms with van der Waals surface area (Å²) < 4.78 is 23.5. The van der Waals surface area contributed by atoms with Crippen LogP contribution in [-0.4, -0.2) is 73.4 Å². The largest absolute Gasteiger partial charge is 0.472 e. The number of amides is 1. The molecule has 0 aromatic heterocycles. The van der Waals surface area contributed by atoms with Gasteiger partial charge in [-0.3, -0.25) is 13.8 Å². The smallest absolute Gasteiger partial charge is 0.387 e. The van der Waals surface area contributed by atoms with E-state index in [0.29, 0.717) is 17.4 Å². The fraction of sp³-hybridized carbons (Fsp3) is 0.884. The van der Waals surface area contributed by atoms with Crippen LogP contribution in [0.15, 0.2) is 24.3 Å². The Morgan fingerprint density at radius 1 is 0.635 bits per heavy atom. The summed E-state index contributed by atoms with van der Waals surface area (Å²) in [5.74, 6) is -0.187. The molecule has 1 unspecified atom stereocenters. The lowest BCUT2D eigenvalue weighted by Gasteiger charge is -2.25. The van der Waals surface area contributed by atoms with Gasteiger partial charge in [0.25, 0.3) is 0 Å². The molecule has 0 aromatic carbocycles. The normalized spacial score (nSPS) is 14.7. The number of hydrogen-bond acceptors (Lipinski definition) is 5. The molecule has 308 valence electrons. The topological polar surface area (TPSA) is 105 Å². The number of carbonyl (C=O) groups is 1. The Hall–Kier alpha value is -1.02. The fourth-order valence-electron chi connectivity index (χ4n) is 6.15. The zero-order valence-corrected chi connectivity index (χ0v) is 35.7. The van der Waals surface area contributed by atoms with Gasteiger partial charge < -0.3 is 19.8 Å². The van der Waals surface area contributed by atoms with E-state index in [1.165, 1.54) is 122 Å². The molecular formula is C43H86N2O6P+. The maximum absolute atomic E-state index is 12.8. The Morgan fingerprint density at radius 3 is 1.50 bits per heavy atom. The molecule has 8 nitrogen and oxygen atoms in total. The number of aliphatic hydroxyl groups is 1. The van der Waals surface area contributed by atoms with Crippen LogP contribution in [0.25, 0.3) is 0 Å². The average Bonchev–Trinajstić information content (AvgIpc) is 3.09. The SMILES string of the molecule is CCCCCC/C=C/CCCCCCCC(=O)N[C@@H](COP(=O)(O)OCC[N+](C)(C)C)[C@H](O)/C=C/CCCCCCCCCCCCCCCCC. The molecule has 0 heterocycles. The van der Waals surface area contributed by atoms with Crippen molar-refractivity contribution < 1.29 is 32.9 Å². The summed E-state index contributed by atoms with van der Waals surface area (Å²) in [6.45, 7) is 4.79. The third-order valence-corrected chi connectivity index (χ3v) is 10.6. The van der Waals surface area contributed by atoms with E-state index >= 15 is 0 Å². The molecule has 0 rings (SSSR count). The Morgan fingerprint density at radius 2 is 1.04 bits per heavy atom. The van der Waals surface area contributed by atoms with Crippen LogP contribution in [0.4, 0.5) is 0 Å². The van der Waals surface area contributed by atoms with Crippen LogP contribution in [0.5, 0.6) is 0 Å². The van der Waals surface area contributed by atoms with Gasteiger partial charge in [0.15, 0.2) is 0 Å². The molecule has 52 heavy (non-hydrogen) atoms. The first-order valence-electron chi connectivity index (χ1n) is 21.7. The number of aliphatic hydroxyl groups excluding tert-OH is 1. The third-order valence-electron chi connectivity index (χ3n) is 9.67. The summed E-state index contributed by atoms with van der Waals surface area (Å²) in [6.07, 6.45) is 40.9. The number of quaternary nitrogens is 1. The lowest BCUT2D eigenvalue weighted by atomic mass is 10.0. The first-order valence-corrected chi connectivity index (χ1v) is 23.2. The van der Waals surface area contributed by atoms with E-state index in [1.807, 2.05) is 27.2 Å². The van der Waals surface area contributed by atoms with Crippen molar-refractivity contribution in [3.63, 3.8) is 0 Å². The lowest BCUT2D eigenvalue weighted by molar-refractivity contribution is -0.870. The molecule has 0 spiro atoms. The van der Waals surface area contributed by atoms with Crippen molar-refractivity contribution in [3.8, 4) is 0 Å². The number of rotatable bonds is 39. The van der Waals surface area contributed by atoms with Crippen molar-refractivity contribution in [2.24, 2.45) is 0 Å². The Labute approximate surface area is 322 Å². The number of likely N-dealkylation sites (N-methyl/N-ethyl adjacent to an activating group) is 1. The molecule has 0 aliphatic heterocycles. The highest BCUT2D eigenvalue weighted by Gasteiger charge is 2.27. The van der Waals surface area contributed by atoms with Gasteiger partial charge in [-0.15, -0.1) is 0 Å². The van der Waals surface area contributed by atoms with Gasteiger partial charge in [0.1, 0.15) is 13.2 Å². The van der Waals surface area contributed by atoms with Crippen molar-refractivity contribution in [3.05, 3.63) is 24.3 Å². The molecule has 9 heteroatoms. The number of nitrogens with zero attached hydrogens (tertiary/aromatic N) is 1. The van der Waals surface area contributed by atoms with Crippen LogP contribution in [0.1, 0.15) is 194 Å². The Balaban J connectivity index is 4.45. The second kappa shape index (κ2) is 35.7. The molecule has 0 bridgehead atoms. The highest BCUT2D eigenvalue weighted by molar-refractivity contribution is 7.47. The second-order valence-corrected chi connectivity index (χ2v) is 17.5. The quantitative estimate of drug-likeness (QED) is 0.0250. The van der Waals surface area contributed by atoms with Crippen LogP contribution < -0.4 is 5.32 Å². The molecule has 0 aromatic rings. The van der Waals surface area contributed by atoms with E-state index in [1.54, 1.807) is 6.08 Å². The molecule has 3 N–H and O–H groups in total. The lowest BCUT2D eigenvalue weighted by Crippen LogP contribution is -2.45. The number of unbranched alkanes of at least 4 members (excludes halogenated alkanes) is 24. The summed E-state index contributed by atoms with van der Waals surface area (Å²) in [7, 11) is 1.57. The van der Waals surface area contributed by atoms with Gasteiger partial charge in [0.2, 0.25) is 5.91 Å². The predicted molar refractivity (Wildman–Crippen MR) is 221 cm³/mol. The molecule has 0 saturated carbocycles. The van der Waals surface area contributed by atoms with Crippen molar-refractivity contribution in [1.82, 2.24) is 5.32 Å². The highest BCUT2D eigenvalue weighted by atomic mass is 31.2. The predicted octanol–water partition coefficient (Wildman–Crippen LogP) is 11.7. The second-order valence-electron chi connectivity index (χ2n) is 16.1. The maximum Gasteiger partial charge on any atom is 0.472 e. The number of phosphoric acid groups is 1. The van der Waals surface area contributed by atoms with Crippen LogP contribution in [-0.2, 0) is 18.4 Å². The van der Waals surface area contributed by atoms with Gasteiger partial charge in [-0.2, -0.15) is 0 Å². The van der Waals surface area contributed by atoms with Crippen molar-refractivity contribution >= 4 is 13.7 Å². The average molecular weight is 758 g/mol. The summed E-state index contributed by atoms with van der Waals surface area (Å²) in [5, 5.41) is 13.8. The standard InChI is InChI=1S/C43H85N2O6P/c1-6-8-10-12-14-16-18-20-21-22-23-25-26-28-30-32-34-36-42(46)41(40-51-52(48,49)50-39-38-45(3,4)5)44-43(47)37-35-33-31-29-27-24-19-17-15-13-11-9-7-2/h17,19,34,36,41-42,46H,6-16,18,20-33,35,37-40H2,1-5H3,(H-,44,47,48,49)/p+1/b19-17+,36-34+/t41-,42+/m0/s1. The number of hydrogen-bond donors (Lipinski definition) is 3. The Bertz CT molecular complexity index is 907. The van der Waals surface area contributed by atoms with Gasteiger partial charge >= 0.3 is 7.82 Å². The first-order chi connectivity index (χ1) is 25.0. The van der Waals surface area contributed by atoms with Crippen LogP contribution in [0.3, 0.4) is 0 Å². The van der Waals surface area contributed by atoms with Crippen molar-refractivity contribution in [2.45, 2.75) is 206 Å². The summed E-state index contributed by atoms with van der Waals surface area (Å²) in [4.78, 5) is 23.1. The molecular weight excluding hydrogens is 671 g/mol.